The zero-order valence-electron chi connectivity index (χ0n) is 15.2. The quantitative estimate of drug-likeness (QED) is 0.838. The number of β-amino-alcohol motifs (C(OH)–C–C–N with tert-alkyl or cyclic N) is 1. The second-order valence-corrected chi connectivity index (χ2v) is 7.42. The second-order valence-electron chi connectivity index (χ2n) is 7.42. The van der Waals surface area contributed by atoms with Crippen molar-refractivity contribution in [3.05, 3.63) is 30.2 Å². The first-order chi connectivity index (χ1) is 13.4. The highest BCUT2D eigenvalue weighted by Crippen LogP contribution is 2.37. The molecule has 2 aromatic rings. The number of ether oxygens (including phenoxy) is 1. The summed E-state index contributed by atoms with van der Waals surface area (Å²) in [6, 6.07) is 5.62. The number of aliphatic hydroxyl groups is 1. The molecule has 28 heavy (non-hydrogen) atoms. The summed E-state index contributed by atoms with van der Waals surface area (Å²) in [7, 11) is 0. The lowest BCUT2D eigenvalue weighted by Gasteiger charge is -2.33. The number of halogens is 3. The summed E-state index contributed by atoms with van der Waals surface area (Å²) in [5.41, 5.74) is 0.535. The van der Waals surface area contributed by atoms with E-state index in [1.807, 2.05) is 0 Å². The van der Waals surface area contributed by atoms with Crippen LogP contribution < -0.4 is 4.74 Å². The van der Waals surface area contributed by atoms with E-state index in [2.05, 4.69) is 19.8 Å². The van der Waals surface area contributed by atoms with Gasteiger partial charge in [0.1, 0.15) is 5.75 Å². The fraction of sp³-hybridized carbons (Fsp3) is 0.579. The van der Waals surface area contributed by atoms with Crippen LogP contribution in [0.3, 0.4) is 0 Å². The van der Waals surface area contributed by atoms with Crippen LogP contribution in [0.15, 0.2) is 28.8 Å². The monoisotopic (exact) mass is 397 g/mol. The number of hydrogen-bond acceptors (Lipinski definition) is 6. The Labute approximate surface area is 160 Å². The Morgan fingerprint density at radius 2 is 1.82 bits per heavy atom. The van der Waals surface area contributed by atoms with Crippen LogP contribution in [-0.2, 0) is 0 Å². The Morgan fingerprint density at radius 3 is 2.50 bits per heavy atom. The SMILES string of the molecule is O[C@@H]1C[C@@H](c2nc(-c3ccc(OC(F)(F)F)cc3)no2)N(C2CCCCC2)C1. The van der Waals surface area contributed by atoms with Gasteiger partial charge in [-0.3, -0.25) is 4.90 Å². The number of likely N-dealkylation sites (tertiary alicyclic amines) is 1. The number of rotatable bonds is 4. The molecule has 1 aliphatic carbocycles. The molecule has 1 N–H and O–H groups in total. The van der Waals surface area contributed by atoms with Crippen molar-refractivity contribution in [3.8, 4) is 17.1 Å². The predicted octanol–water partition coefficient (Wildman–Crippen LogP) is 4.08. The van der Waals surface area contributed by atoms with E-state index in [9.17, 15) is 18.3 Å². The molecule has 2 aliphatic rings. The average Bonchev–Trinajstić information content (AvgIpc) is 3.28. The molecule has 4 rings (SSSR count). The molecule has 0 bridgehead atoms. The maximum atomic E-state index is 12.3. The number of aromatic nitrogens is 2. The topological polar surface area (TPSA) is 71.6 Å². The van der Waals surface area contributed by atoms with Crippen molar-refractivity contribution in [2.45, 2.75) is 63.1 Å². The fourth-order valence-electron chi connectivity index (χ4n) is 4.19. The molecule has 1 aromatic heterocycles. The number of alkyl halides is 3. The average molecular weight is 397 g/mol. The van der Waals surface area contributed by atoms with Gasteiger partial charge < -0.3 is 14.4 Å². The van der Waals surface area contributed by atoms with Gasteiger partial charge in [-0.1, -0.05) is 24.4 Å². The lowest BCUT2D eigenvalue weighted by Crippen LogP contribution is -2.37. The van der Waals surface area contributed by atoms with Gasteiger partial charge in [-0.25, -0.2) is 0 Å². The smallest absolute Gasteiger partial charge is 0.406 e. The Kier molecular flexibility index (Phi) is 5.29. The highest BCUT2D eigenvalue weighted by atomic mass is 19.4. The summed E-state index contributed by atoms with van der Waals surface area (Å²) in [4.78, 5) is 6.72. The zero-order valence-corrected chi connectivity index (χ0v) is 15.2. The third kappa shape index (κ3) is 4.30. The van der Waals surface area contributed by atoms with E-state index in [-0.39, 0.29) is 11.8 Å². The van der Waals surface area contributed by atoms with E-state index >= 15 is 0 Å². The molecular weight excluding hydrogens is 375 g/mol. The molecule has 1 aliphatic heterocycles. The molecule has 6 nitrogen and oxygen atoms in total. The lowest BCUT2D eigenvalue weighted by molar-refractivity contribution is -0.274. The van der Waals surface area contributed by atoms with Crippen molar-refractivity contribution < 1.29 is 27.5 Å². The van der Waals surface area contributed by atoms with Crippen molar-refractivity contribution in [3.63, 3.8) is 0 Å². The summed E-state index contributed by atoms with van der Waals surface area (Å²) in [5.74, 6) is 0.439. The van der Waals surface area contributed by atoms with E-state index in [1.54, 1.807) is 0 Å². The maximum absolute atomic E-state index is 12.3. The van der Waals surface area contributed by atoms with Crippen LogP contribution in [0.25, 0.3) is 11.4 Å². The lowest BCUT2D eigenvalue weighted by atomic mass is 9.94. The van der Waals surface area contributed by atoms with E-state index in [0.717, 1.165) is 12.8 Å². The fourth-order valence-corrected chi connectivity index (χ4v) is 4.19. The van der Waals surface area contributed by atoms with Crippen molar-refractivity contribution in [2.75, 3.05) is 6.54 Å². The zero-order chi connectivity index (χ0) is 19.7. The van der Waals surface area contributed by atoms with E-state index < -0.39 is 12.5 Å². The molecule has 0 amide bonds. The highest BCUT2D eigenvalue weighted by molar-refractivity contribution is 5.55. The van der Waals surface area contributed by atoms with Gasteiger partial charge in [-0.2, -0.15) is 4.98 Å². The molecule has 2 atom stereocenters. The van der Waals surface area contributed by atoms with Crippen LogP contribution in [-0.4, -0.2) is 45.2 Å². The van der Waals surface area contributed by atoms with Crippen molar-refractivity contribution in [1.29, 1.82) is 0 Å². The number of hydrogen-bond donors (Lipinski definition) is 1. The van der Waals surface area contributed by atoms with Crippen LogP contribution in [0.4, 0.5) is 13.2 Å². The van der Waals surface area contributed by atoms with Crippen molar-refractivity contribution in [1.82, 2.24) is 15.0 Å². The molecule has 0 unspecified atom stereocenters. The highest BCUT2D eigenvalue weighted by Gasteiger charge is 2.40. The van der Waals surface area contributed by atoms with Crippen molar-refractivity contribution >= 4 is 0 Å². The summed E-state index contributed by atoms with van der Waals surface area (Å²) in [6.45, 7) is 0.594. The third-order valence-corrected chi connectivity index (χ3v) is 5.43. The largest absolute Gasteiger partial charge is 0.573 e. The molecule has 1 saturated heterocycles. The first-order valence-corrected chi connectivity index (χ1v) is 9.52. The molecule has 1 aromatic carbocycles. The van der Waals surface area contributed by atoms with Gasteiger partial charge in [-0.15, -0.1) is 13.2 Å². The molecule has 2 heterocycles. The molecule has 9 heteroatoms. The van der Waals surface area contributed by atoms with Crippen molar-refractivity contribution in [2.24, 2.45) is 0 Å². The summed E-state index contributed by atoms with van der Waals surface area (Å²) < 4.78 is 46.2. The molecule has 1 saturated carbocycles. The standard InChI is InChI=1S/C19H22F3N3O3/c20-19(21,22)27-15-8-6-12(7-9-15)17-23-18(28-24-17)16-10-14(26)11-25(16)13-4-2-1-3-5-13/h6-9,13-14,16,26H,1-5,10-11H2/t14-,16+/m1/s1. The van der Waals surface area contributed by atoms with Gasteiger partial charge in [0.25, 0.3) is 0 Å². The molecule has 0 radical (unpaired) electrons. The first-order valence-electron chi connectivity index (χ1n) is 9.52. The third-order valence-electron chi connectivity index (χ3n) is 5.43. The van der Waals surface area contributed by atoms with Gasteiger partial charge in [0.2, 0.25) is 11.7 Å². The van der Waals surface area contributed by atoms with Gasteiger partial charge in [0.05, 0.1) is 12.1 Å². The Balaban J connectivity index is 1.50. The van der Waals surface area contributed by atoms with Crippen LogP contribution in [0, 0.1) is 0 Å². The maximum Gasteiger partial charge on any atom is 0.573 e. The minimum atomic E-state index is -4.73. The number of benzene rings is 1. The Hall–Kier alpha value is -2.13. The van der Waals surface area contributed by atoms with Crippen LogP contribution >= 0.6 is 0 Å². The van der Waals surface area contributed by atoms with Gasteiger partial charge in [-0.05, 0) is 43.5 Å². The minimum absolute atomic E-state index is 0.132. The first kappa shape index (κ1) is 19.2. The molecule has 152 valence electrons. The van der Waals surface area contributed by atoms with Gasteiger partial charge in [0, 0.05) is 18.2 Å². The molecule has 2 fully saturated rings. The van der Waals surface area contributed by atoms with E-state index in [0.29, 0.717) is 36.3 Å². The van der Waals surface area contributed by atoms with Gasteiger partial charge in [0.15, 0.2) is 0 Å². The molecular formula is C19H22F3N3O3. The van der Waals surface area contributed by atoms with Gasteiger partial charge >= 0.3 is 6.36 Å². The van der Waals surface area contributed by atoms with Crippen LogP contribution in [0.5, 0.6) is 5.75 Å². The summed E-state index contributed by atoms with van der Waals surface area (Å²) in [5, 5.41) is 14.2. The Morgan fingerprint density at radius 1 is 1.11 bits per heavy atom. The van der Waals surface area contributed by atoms with Crippen LogP contribution in [0.2, 0.25) is 0 Å². The second kappa shape index (κ2) is 7.71. The van der Waals surface area contributed by atoms with E-state index in [1.165, 1.54) is 43.5 Å². The predicted molar refractivity (Wildman–Crippen MR) is 93.4 cm³/mol. The summed E-state index contributed by atoms with van der Waals surface area (Å²) >= 11 is 0. The molecule has 0 spiro atoms. The minimum Gasteiger partial charge on any atom is -0.406 e. The Bertz CT molecular complexity index is 788. The van der Waals surface area contributed by atoms with Crippen LogP contribution in [0.1, 0.15) is 50.5 Å². The summed E-state index contributed by atoms with van der Waals surface area (Å²) in [6.07, 6.45) is 1.20. The number of aliphatic hydroxyl groups excluding tert-OH is 1. The van der Waals surface area contributed by atoms with E-state index in [4.69, 9.17) is 4.52 Å². The normalized spacial score (nSPS) is 24.6. The number of nitrogens with zero attached hydrogens (tertiary/aromatic N) is 3.